The van der Waals surface area contributed by atoms with Crippen molar-refractivity contribution in [1.29, 1.82) is 0 Å². The third kappa shape index (κ3) is 3.74. The average molecular weight is 432 g/mol. The fourth-order valence-corrected chi connectivity index (χ4v) is 6.83. The lowest BCUT2D eigenvalue weighted by Gasteiger charge is -2.36. The van der Waals surface area contributed by atoms with Gasteiger partial charge in [0, 0.05) is 38.6 Å². The summed E-state index contributed by atoms with van der Waals surface area (Å²) in [6.45, 7) is 1.86. The van der Waals surface area contributed by atoms with E-state index in [1.54, 1.807) is 15.9 Å². The SMILES string of the molecule is O=C(C1CCCN1C(=O)C1CC1)N1CCN(S(=O)(=O)c2ccc(Cl)s2)CC1. The van der Waals surface area contributed by atoms with Crippen LogP contribution < -0.4 is 0 Å². The van der Waals surface area contributed by atoms with Crippen LogP contribution in [-0.2, 0) is 19.6 Å². The molecule has 1 atom stereocenters. The fourth-order valence-electron chi connectivity index (χ4n) is 3.78. The van der Waals surface area contributed by atoms with E-state index < -0.39 is 10.0 Å². The lowest BCUT2D eigenvalue weighted by Crippen LogP contribution is -2.55. The number of carbonyl (C=O) groups excluding carboxylic acids is 2. The number of sulfonamides is 1. The Morgan fingerprint density at radius 1 is 1.00 bits per heavy atom. The largest absolute Gasteiger partial charge is 0.338 e. The van der Waals surface area contributed by atoms with Crippen LogP contribution in [0.5, 0.6) is 0 Å². The molecular formula is C17H22ClN3O4S2. The van der Waals surface area contributed by atoms with E-state index in [-0.39, 0.29) is 41.1 Å². The number of piperazine rings is 1. The second-order valence-corrected chi connectivity index (χ2v) is 11.1. The lowest BCUT2D eigenvalue weighted by atomic mass is 10.1. The molecule has 7 nitrogen and oxygen atoms in total. The third-order valence-corrected chi connectivity index (χ3v) is 9.04. The zero-order valence-corrected chi connectivity index (χ0v) is 17.2. The summed E-state index contributed by atoms with van der Waals surface area (Å²) in [5.41, 5.74) is 0. The molecule has 4 rings (SSSR count). The molecule has 1 saturated carbocycles. The van der Waals surface area contributed by atoms with Gasteiger partial charge in [0.2, 0.25) is 11.8 Å². The smallest absolute Gasteiger partial charge is 0.252 e. The number of rotatable bonds is 4. The molecule has 0 radical (unpaired) electrons. The average Bonchev–Trinajstić information content (AvgIpc) is 3.22. The van der Waals surface area contributed by atoms with Gasteiger partial charge in [-0.2, -0.15) is 4.31 Å². The number of amides is 2. The Balaban J connectivity index is 1.38. The Labute approximate surface area is 167 Å². The van der Waals surface area contributed by atoms with E-state index in [2.05, 4.69) is 0 Å². The highest BCUT2D eigenvalue weighted by Gasteiger charge is 2.43. The summed E-state index contributed by atoms with van der Waals surface area (Å²) in [6.07, 6.45) is 3.41. The number of halogens is 1. The number of carbonyl (C=O) groups is 2. The first-order valence-electron chi connectivity index (χ1n) is 9.22. The minimum Gasteiger partial charge on any atom is -0.338 e. The van der Waals surface area contributed by atoms with Crippen molar-refractivity contribution in [1.82, 2.24) is 14.1 Å². The molecule has 2 amide bonds. The van der Waals surface area contributed by atoms with Crippen LogP contribution in [0.3, 0.4) is 0 Å². The van der Waals surface area contributed by atoms with E-state index in [4.69, 9.17) is 11.6 Å². The van der Waals surface area contributed by atoms with Crippen LogP contribution in [0.1, 0.15) is 25.7 Å². The molecule has 2 aliphatic heterocycles. The van der Waals surface area contributed by atoms with Crippen LogP contribution in [0.25, 0.3) is 0 Å². The molecule has 3 fully saturated rings. The summed E-state index contributed by atoms with van der Waals surface area (Å²) in [5, 5.41) is 0. The van der Waals surface area contributed by atoms with Gasteiger partial charge in [0.1, 0.15) is 10.3 Å². The van der Waals surface area contributed by atoms with Gasteiger partial charge in [-0.25, -0.2) is 8.42 Å². The second kappa shape index (κ2) is 7.35. The van der Waals surface area contributed by atoms with Crippen molar-refractivity contribution in [3.8, 4) is 0 Å². The molecule has 0 bridgehead atoms. The van der Waals surface area contributed by atoms with Gasteiger partial charge >= 0.3 is 0 Å². The molecule has 27 heavy (non-hydrogen) atoms. The number of likely N-dealkylation sites (tertiary alicyclic amines) is 1. The zero-order valence-electron chi connectivity index (χ0n) is 14.8. The number of nitrogens with zero attached hydrogens (tertiary/aromatic N) is 3. The molecule has 1 aromatic heterocycles. The van der Waals surface area contributed by atoms with E-state index in [1.807, 2.05) is 0 Å². The predicted octanol–water partition coefficient (Wildman–Crippen LogP) is 1.64. The number of hydrogen-bond acceptors (Lipinski definition) is 5. The quantitative estimate of drug-likeness (QED) is 0.726. The van der Waals surface area contributed by atoms with Gasteiger partial charge < -0.3 is 9.80 Å². The fraction of sp³-hybridized carbons (Fsp3) is 0.647. The maximum Gasteiger partial charge on any atom is 0.252 e. The van der Waals surface area contributed by atoms with Crippen molar-refractivity contribution >= 4 is 44.8 Å². The highest BCUT2D eigenvalue weighted by molar-refractivity contribution is 7.91. The van der Waals surface area contributed by atoms with Gasteiger partial charge in [-0.1, -0.05) is 11.6 Å². The molecule has 0 aromatic carbocycles. The highest BCUT2D eigenvalue weighted by atomic mass is 35.5. The maximum absolute atomic E-state index is 12.9. The molecule has 0 N–H and O–H groups in total. The Kier molecular flexibility index (Phi) is 5.22. The summed E-state index contributed by atoms with van der Waals surface area (Å²) in [7, 11) is -3.57. The van der Waals surface area contributed by atoms with Crippen LogP contribution >= 0.6 is 22.9 Å². The molecule has 3 aliphatic rings. The standard InChI is InChI=1S/C17H22ClN3O4S2/c18-14-5-6-15(26-14)27(24,25)20-10-8-19(9-11-20)17(23)13-2-1-7-21(13)16(22)12-3-4-12/h5-6,12-13H,1-4,7-11H2. The molecular weight excluding hydrogens is 410 g/mol. The summed E-state index contributed by atoms with van der Waals surface area (Å²) in [6, 6.07) is 2.71. The Bertz CT molecular complexity index is 844. The van der Waals surface area contributed by atoms with E-state index >= 15 is 0 Å². The molecule has 0 spiro atoms. The first-order valence-corrected chi connectivity index (χ1v) is 11.9. The Morgan fingerprint density at radius 2 is 1.70 bits per heavy atom. The minimum absolute atomic E-state index is 0.0438. The second-order valence-electron chi connectivity index (χ2n) is 7.25. The molecule has 148 valence electrons. The van der Waals surface area contributed by atoms with E-state index in [9.17, 15) is 18.0 Å². The normalized spacial score (nSPS) is 24.4. The molecule has 1 aromatic rings. The van der Waals surface area contributed by atoms with Crippen molar-refractivity contribution in [3.63, 3.8) is 0 Å². The Hall–Kier alpha value is -1.16. The first-order chi connectivity index (χ1) is 12.9. The number of hydrogen-bond donors (Lipinski definition) is 0. The maximum atomic E-state index is 12.9. The summed E-state index contributed by atoms with van der Waals surface area (Å²) in [4.78, 5) is 28.8. The van der Waals surface area contributed by atoms with Crippen LogP contribution in [0, 0.1) is 5.92 Å². The molecule has 2 saturated heterocycles. The van der Waals surface area contributed by atoms with Gasteiger partial charge in [-0.3, -0.25) is 9.59 Å². The van der Waals surface area contributed by atoms with Crippen molar-refractivity contribution in [2.75, 3.05) is 32.7 Å². The predicted molar refractivity (Wildman–Crippen MR) is 102 cm³/mol. The van der Waals surface area contributed by atoms with Crippen LogP contribution in [0.2, 0.25) is 4.34 Å². The molecule has 1 unspecified atom stereocenters. The van der Waals surface area contributed by atoms with Crippen molar-refractivity contribution in [3.05, 3.63) is 16.5 Å². The Morgan fingerprint density at radius 3 is 2.30 bits per heavy atom. The van der Waals surface area contributed by atoms with E-state index in [0.29, 0.717) is 30.4 Å². The van der Waals surface area contributed by atoms with E-state index in [0.717, 1.165) is 30.6 Å². The van der Waals surface area contributed by atoms with Crippen LogP contribution in [0.4, 0.5) is 0 Å². The first kappa shape index (κ1) is 19.2. The van der Waals surface area contributed by atoms with Gasteiger partial charge in [0.15, 0.2) is 0 Å². The summed E-state index contributed by atoms with van der Waals surface area (Å²) >= 11 is 6.90. The lowest BCUT2D eigenvalue weighted by molar-refractivity contribution is -0.145. The summed E-state index contributed by atoms with van der Waals surface area (Å²) in [5.74, 6) is 0.178. The van der Waals surface area contributed by atoms with Crippen molar-refractivity contribution in [2.45, 2.75) is 35.9 Å². The topological polar surface area (TPSA) is 78.0 Å². The minimum atomic E-state index is -3.57. The van der Waals surface area contributed by atoms with Crippen molar-refractivity contribution in [2.24, 2.45) is 5.92 Å². The van der Waals surface area contributed by atoms with Gasteiger partial charge in [0.05, 0.1) is 4.34 Å². The molecule has 10 heteroatoms. The van der Waals surface area contributed by atoms with Gasteiger partial charge in [0.25, 0.3) is 10.0 Å². The highest BCUT2D eigenvalue weighted by Crippen LogP contribution is 2.34. The van der Waals surface area contributed by atoms with Crippen LogP contribution in [0.15, 0.2) is 16.3 Å². The summed E-state index contributed by atoms with van der Waals surface area (Å²) < 4.78 is 27.4. The van der Waals surface area contributed by atoms with Gasteiger partial charge in [-0.15, -0.1) is 11.3 Å². The molecule has 1 aliphatic carbocycles. The monoisotopic (exact) mass is 431 g/mol. The third-order valence-electron chi connectivity index (χ3n) is 5.44. The zero-order chi connectivity index (χ0) is 19.2. The molecule has 3 heterocycles. The van der Waals surface area contributed by atoms with Gasteiger partial charge in [-0.05, 0) is 37.8 Å². The van der Waals surface area contributed by atoms with E-state index in [1.165, 1.54) is 10.4 Å². The van der Waals surface area contributed by atoms with Crippen molar-refractivity contribution < 1.29 is 18.0 Å². The number of thiophene rings is 1. The van der Waals surface area contributed by atoms with Crippen LogP contribution in [-0.4, -0.2) is 73.1 Å².